The van der Waals surface area contributed by atoms with Gasteiger partial charge in [0.05, 0.1) is 10.7 Å². The molecule has 0 bridgehead atoms. The Bertz CT molecular complexity index is 1180. The molecule has 1 aromatic heterocycles. The third-order valence-electron chi connectivity index (χ3n) is 4.04. The molecule has 0 saturated carbocycles. The van der Waals surface area contributed by atoms with Crippen molar-refractivity contribution in [3.63, 3.8) is 0 Å². The lowest BCUT2D eigenvalue weighted by Gasteiger charge is -2.15. The summed E-state index contributed by atoms with van der Waals surface area (Å²) in [5, 5.41) is 0.426. The monoisotopic (exact) mass is 432 g/mol. The second-order valence-electron chi connectivity index (χ2n) is 5.83. The number of rotatable bonds is 2. The Hall–Kier alpha value is -2.58. The minimum Gasteiger partial charge on any atom is -0.292 e. The van der Waals surface area contributed by atoms with Crippen molar-refractivity contribution < 1.29 is 17.6 Å². The van der Waals surface area contributed by atoms with E-state index in [4.69, 9.17) is 23.2 Å². The van der Waals surface area contributed by atoms with E-state index in [1.807, 2.05) is 0 Å². The molecule has 4 nitrogen and oxygen atoms in total. The summed E-state index contributed by atoms with van der Waals surface area (Å²) in [5.41, 5.74) is -3.85. The predicted molar refractivity (Wildman–Crippen MR) is 97.7 cm³/mol. The van der Waals surface area contributed by atoms with E-state index >= 15 is 0 Å². The van der Waals surface area contributed by atoms with E-state index in [1.165, 1.54) is 0 Å². The SMILES string of the molecule is Cn1c(C(F)(F)F)cc(=O)n(-c2cc(-c3ccc(Cl)cc3)c(Cl)cc2F)c1=O. The first-order chi connectivity index (χ1) is 13.0. The van der Waals surface area contributed by atoms with Gasteiger partial charge < -0.3 is 0 Å². The molecule has 0 aliphatic heterocycles. The van der Waals surface area contributed by atoms with E-state index in [0.29, 0.717) is 15.2 Å². The molecule has 3 rings (SSSR count). The summed E-state index contributed by atoms with van der Waals surface area (Å²) in [6, 6.07) is 8.51. The average molecular weight is 433 g/mol. The van der Waals surface area contributed by atoms with Crippen LogP contribution >= 0.6 is 23.2 Å². The summed E-state index contributed by atoms with van der Waals surface area (Å²) in [4.78, 5) is 24.6. The van der Waals surface area contributed by atoms with Gasteiger partial charge in [-0.15, -0.1) is 0 Å². The van der Waals surface area contributed by atoms with Crippen molar-refractivity contribution >= 4 is 23.2 Å². The van der Waals surface area contributed by atoms with Crippen molar-refractivity contribution in [1.29, 1.82) is 0 Å². The van der Waals surface area contributed by atoms with E-state index in [9.17, 15) is 27.2 Å². The molecule has 0 spiro atoms. The van der Waals surface area contributed by atoms with Gasteiger partial charge in [0.15, 0.2) is 0 Å². The van der Waals surface area contributed by atoms with Crippen LogP contribution in [0.25, 0.3) is 16.8 Å². The second kappa shape index (κ2) is 7.10. The standard InChI is InChI=1S/C18H10Cl2F4N2O2/c1-25-15(18(22,23)24)8-16(27)26(17(25)28)14-6-11(12(20)7-13(14)21)9-2-4-10(19)5-3-9/h2-8H,1H3. The molecule has 1 heterocycles. The lowest BCUT2D eigenvalue weighted by atomic mass is 10.0. The Labute approximate surface area is 165 Å². The molecule has 0 aliphatic rings. The van der Waals surface area contributed by atoms with Gasteiger partial charge in [0.1, 0.15) is 11.5 Å². The summed E-state index contributed by atoms with van der Waals surface area (Å²) < 4.78 is 54.0. The summed E-state index contributed by atoms with van der Waals surface area (Å²) >= 11 is 11.9. The fraction of sp³-hybridized carbons (Fsp3) is 0.111. The van der Waals surface area contributed by atoms with Gasteiger partial charge >= 0.3 is 11.9 Å². The van der Waals surface area contributed by atoms with Gasteiger partial charge in [-0.3, -0.25) is 9.36 Å². The molecular formula is C18H10Cl2F4N2O2. The molecule has 0 aliphatic carbocycles. The highest BCUT2D eigenvalue weighted by molar-refractivity contribution is 6.33. The van der Waals surface area contributed by atoms with Crippen LogP contribution in [-0.4, -0.2) is 9.13 Å². The number of nitrogens with zero attached hydrogens (tertiary/aromatic N) is 2. The smallest absolute Gasteiger partial charge is 0.292 e. The normalized spacial score (nSPS) is 11.7. The van der Waals surface area contributed by atoms with Gasteiger partial charge in [-0.25, -0.2) is 13.8 Å². The topological polar surface area (TPSA) is 44.0 Å². The molecule has 0 fully saturated rings. The van der Waals surface area contributed by atoms with Gasteiger partial charge in [0.2, 0.25) is 0 Å². The third-order valence-corrected chi connectivity index (χ3v) is 4.61. The molecule has 0 amide bonds. The summed E-state index contributed by atoms with van der Waals surface area (Å²) in [7, 11) is 0.842. The van der Waals surface area contributed by atoms with Crippen LogP contribution in [0, 0.1) is 5.82 Å². The van der Waals surface area contributed by atoms with Crippen molar-refractivity contribution in [2.24, 2.45) is 7.05 Å². The molecule has 28 heavy (non-hydrogen) atoms. The lowest BCUT2D eigenvalue weighted by Crippen LogP contribution is -2.41. The van der Waals surface area contributed by atoms with Crippen LogP contribution in [0.2, 0.25) is 10.0 Å². The van der Waals surface area contributed by atoms with E-state index in [0.717, 1.165) is 19.2 Å². The molecular weight excluding hydrogens is 423 g/mol. The number of benzene rings is 2. The summed E-state index contributed by atoms with van der Waals surface area (Å²) in [5.74, 6) is -1.04. The number of alkyl halides is 3. The lowest BCUT2D eigenvalue weighted by molar-refractivity contribution is -0.144. The Balaban J connectivity index is 2.30. The van der Waals surface area contributed by atoms with Gasteiger partial charge in [-0.1, -0.05) is 35.3 Å². The maximum absolute atomic E-state index is 14.5. The molecule has 0 unspecified atom stereocenters. The fourth-order valence-corrected chi connectivity index (χ4v) is 3.06. The average Bonchev–Trinajstić information content (AvgIpc) is 2.60. The Morgan fingerprint density at radius 2 is 1.57 bits per heavy atom. The Kier molecular flexibility index (Phi) is 5.12. The van der Waals surface area contributed by atoms with Crippen molar-refractivity contribution in [2.45, 2.75) is 6.18 Å². The molecule has 0 N–H and O–H groups in total. The largest absolute Gasteiger partial charge is 0.431 e. The quantitative estimate of drug-likeness (QED) is 0.552. The molecule has 2 aromatic carbocycles. The number of aromatic nitrogens is 2. The molecule has 3 aromatic rings. The molecule has 10 heteroatoms. The van der Waals surface area contributed by atoms with Gasteiger partial charge in [0.25, 0.3) is 5.56 Å². The van der Waals surface area contributed by atoms with Crippen molar-refractivity contribution in [3.05, 3.63) is 84.9 Å². The number of hydrogen-bond acceptors (Lipinski definition) is 2. The molecule has 0 saturated heterocycles. The highest BCUT2D eigenvalue weighted by Gasteiger charge is 2.35. The van der Waals surface area contributed by atoms with E-state index in [-0.39, 0.29) is 21.2 Å². The fourth-order valence-electron chi connectivity index (χ4n) is 2.68. The van der Waals surface area contributed by atoms with Crippen LogP contribution in [0.15, 0.2) is 52.1 Å². The highest BCUT2D eigenvalue weighted by atomic mass is 35.5. The maximum Gasteiger partial charge on any atom is 0.431 e. The van der Waals surface area contributed by atoms with Crippen molar-refractivity contribution in [1.82, 2.24) is 9.13 Å². The van der Waals surface area contributed by atoms with E-state index in [2.05, 4.69) is 0 Å². The minimum atomic E-state index is -4.92. The summed E-state index contributed by atoms with van der Waals surface area (Å²) in [6.07, 6.45) is -4.92. The first-order valence-corrected chi connectivity index (χ1v) is 8.42. The number of hydrogen-bond donors (Lipinski definition) is 0. The van der Waals surface area contributed by atoms with Crippen molar-refractivity contribution in [3.8, 4) is 16.8 Å². The molecule has 146 valence electrons. The van der Waals surface area contributed by atoms with Crippen LogP contribution in [0.3, 0.4) is 0 Å². The molecule has 0 radical (unpaired) electrons. The van der Waals surface area contributed by atoms with Gasteiger partial charge in [-0.05, 0) is 29.8 Å². The number of halogens is 6. The second-order valence-corrected chi connectivity index (χ2v) is 6.68. The zero-order valence-electron chi connectivity index (χ0n) is 14.0. The van der Waals surface area contributed by atoms with Crippen LogP contribution in [0.5, 0.6) is 0 Å². The van der Waals surface area contributed by atoms with E-state index in [1.54, 1.807) is 24.3 Å². The minimum absolute atomic E-state index is 0.0136. The third kappa shape index (κ3) is 3.57. The maximum atomic E-state index is 14.5. The molecule has 0 atom stereocenters. The van der Waals surface area contributed by atoms with Gasteiger partial charge in [-0.2, -0.15) is 13.2 Å². The van der Waals surface area contributed by atoms with Crippen LogP contribution in [0.4, 0.5) is 17.6 Å². The zero-order valence-corrected chi connectivity index (χ0v) is 15.5. The van der Waals surface area contributed by atoms with E-state index < -0.39 is 34.6 Å². The first kappa shape index (κ1) is 20.2. The summed E-state index contributed by atoms with van der Waals surface area (Å²) in [6.45, 7) is 0. The predicted octanol–water partition coefficient (Wildman–Crippen LogP) is 4.67. The van der Waals surface area contributed by atoms with Crippen molar-refractivity contribution in [2.75, 3.05) is 0 Å². The van der Waals surface area contributed by atoms with Crippen LogP contribution < -0.4 is 11.2 Å². The highest BCUT2D eigenvalue weighted by Crippen LogP contribution is 2.32. The Morgan fingerprint density at radius 1 is 0.964 bits per heavy atom. The van der Waals surface area contributed by atoms with Gasteiger partial charge in [0, 0.05) is 23.7 Å². The zero-order chi connectivity index (χ0) is 20.8. The van der Waals surface area contributed by atoms with Crippen LogP contribution in [-0.2, 0) is 13.2 Å². The van der Waals surface area contributed by atoms with Crippen LogP contribution in [0.1, 0.15) is 5.69 Å². The first-order valence-electron chi connectivity index (χ1n) is 7.66. The Morgan fingerprint density at radius 3 is 2.14 bits per heavy atom.